The summed E-state index contributed by atoms with van der Waals surface area (Å²) in [7, 11) is 0. The largest absolute Gasteiger partial charge is 0.352 e. The molecule has 0 saturated carbocycles. The van der Waals surface area contributed by atoms with E-state index < -0.39 is 0 Å². The average Bonchev–Trinajstić information content (AvgIpc) is 3.49. The molecule has 2 aromatic heterocycles. The van der Waals surface area contributed by atoms with E-state index in [1.54, 1.807) is 18.3 Å². The van der Waals surface area contributed by atoms with Crippen molar-refractivity contribution in [2.45, 2.75) is 25.4 Å². The second-order valence-corrected chi connectivity index (χ2v) is 9.15. The quantitative estimate of drug-likeness (QED) is 0.337. The Kier molecular flexibility index (Phi) is 6.77. The molecule has 2 N–H and O–H groups in total. The fourth-order valence-corrected chi connectivity index (χ4v) is 4.85. The highest BCUT2D eigenvalue weighted by Gasteiger charge is 2.41. The Bertz CT molecular complexity index is 1350. The van der Waals surface area contributed by atoms with Gasteiger partial charge in [-0.3, -0.25) is 9.78 Å². The highest BCUT2D eigenvalue weighted by Crippen LogP contribution is 2.39. The van der Waals surface area contributed by atoms with Crippen molar-refractivity contribution in [3.05, 3.63) is 114 Å². The molecule has 36 heavy (non-hydrogen) atoms. The van der Waals surface area contributed by atoms with Gasteiger partial charge >= 0.3 is 0 Å². The molecule has 0 bridgehead atoms. The topological polar surface area (TPSA) is 62.2 Å². The zero-order chi connectivity index (χ0) is 25.1. The van der Waals surface area contributed by atoms with Crippen LogP contribution < -0.4 is 10.6 Å². The van der Waals surface area contributed by atoms with Crippen LogP contribution in [0.2, 0.25) is 0 Å². The van der Waals surface area contributed by atoms with Gasteiger partial charge in [0, 0.05) is 42.4 Å². The summed E-state index contributed by atoms with van der Waals surface area (Å²) < 4.78 is 15.4. The molecule has 1 saturated heterocycles. The lowest BCUT2D eigenvalue weighted by molar-refractivity contribution is -0.116. The Balaban J connectivity index is 1.43. The third-order valence-electron chi connectivity index (χ3n) is 6.30. The molecular formula is C28H26FN5OS. The number of hydrogen-bond donors (Lipinski definition) is 2. The van der Waals surface area contributed by atoms with E-state index in [9.17, 15) is 9.18 Å². The monoisotopic (exact) mass is 499 g/mol. The van der Waals surface area contributed by atoms with Crippen LogP contribution in [0.4, 0.5) is 10.1 Å². The van der Waals surface area contributed by atoms with E-state index in [0.717, 1.165) is 17.1 Å². The van der Waals surface area contributed by atoms with Gasteiger partial charge in [-0.25, -0.2) is 4.39 Å². The zero-order valence-corrected chi connectivity index (χ0v) is 20.6. The molecule has 3 heterocycles. The molecule has 8 heteroatoms. The number of nitrogens with zero attached hydrogens (tertiary/aromatic N) is 3. The molecule has 6 nitrogen and oxygen atoms in total. The van der Waals surface area contributed by atoms with Crippen molar-refractivity contribution in [1.82, 2.24) is 19.8 Å². The maximum absolute atomic E-state index is 13.2. The number of anilines is 1. The first-order chi connectivity index (χ1) is 17.5. The molecule has 5 rings (SSSR count). The number of pyridine rings is 1. The summed E-state index contributed by atoms with van der Waals surface area (Å²) >= 11 is 5.75. The lowest BCUT2D eigenvalue weighted by Crippen LogP contribution is -2.33. The van der Waals surface area contributed by atoms with Gasteiger partial charge in [0.15, 0.2) is 5.11 Å². The maximum Gasteiger partial charge on any atom is 0.226 e. The summed E-state index contributed by atoms with van der Waals surface area (Å²) in [5.41, 5.74) is 4.71. The first-order valence-corrected chi connectivity index (χ1v) is 12.2. The van der Waals surface area contributed by atoms with Crippen molar-refractivity contribution >= 4 is 28.9 Å². The van der Waals surface area contributed by atoms with Gasteiger partial charge in [0.1, 0.15) is 5.82 Å². The van der Waals surface area contributed by atoms with Gasteiger partial charge in [-0.05, 0) is 79.8 Å². The molecule has 0 unspecified atom stereocenters. The molecule has 2 aromatic carbocycles. The van der Waals surface area contributed by atoms with Gasteiger partial charge in [0.2, 0.25) is 5.91 Å². The Hall–Kier alpha value is -4.04. The predicted molar refractivity (Wildman–Crippen MR) is 142 cm³/mol. The van der Waals surface area contributed by atoms with E-state index in [0.29, 0.717) is 17.3 Å². The molecule has 1 amide bonds. The SMILES string of the molecule is Cc1ccc(-n2cccc2[C@H]2[C@H](c3ccccn3)NC(=S)N2CCC(=O)Nc2ccc(F)cc2)cc1. The van der Waals surface area contributed by atoms with E-state index in [2.05, 4.69) is 62.3 Å². The van der Waals surface area contributed by atoms with Gasteiger partial charge in [-0.2, -0.15) is 0 Å². The number of benzene rings is 2. The number of thiocarbonyl (C=S) groups is 1. The second-order valence-electron chi connectivity index (χ2n) is 8.76. The zero-order valence-electron chi connectivity index (χ0n) is 19.8. The Morgan fingerprint density at radius 2 is 1.83 bits per heavy atom. The summed E-state index contributed by atoms with van der Waals surface area (Å²) in [6.07, 6.45) is 4.03. The van der Waals surface area contributed by atoms with Crippen molar-refractivity contribution in [2.75, 3.05) is 11.9 Å². The standard InChI is InChI=1S/C28H26FN5OS/c1-19-7-13-22(14-8-19)33-17-4-6-24(33)27-26(23-5-2-3-16-30-23)32-28(36)34(27)18-15-25(35)31-21-11-9-20(29)10-12-21/h2-14,16-17,26-27H,15,18H2,1H3,(H,31,35)(H,32,36)/t26-,27-/m0/s1. The maximum atomic E-state index is 13.2. The van der Waals surface area contributed by atoms with Crippen molar-refractivity contribution in [3.63, 3.8) is 0 Å². The van der Waals surface area contributed by atoms with Crippen LogP contribution in [0.3, 0.4) is 0 Å². The highest BCUT2D eigenvalue weighted by molar-refractivity contribution is 7.80. The van der Waals surface area contributed by atoms with Crippen LogP contribution in [-0.4, -0.2) is 32.0 Å². The summed E-state index contributed by atoms with van der Waals surface area (Å²) in [5, 5.41) is 6.83. The number of hydrogen-bond acceptors (Lipinski definition) is 3. The third-order valence-corrected chi connectivity index (χ3v) is 6.65. The lowest BCUT2D eigenvalue weighted by Gasteiger charge is -2.29. The van der Waals surface area contributed by atoms with Gasteiger partial charge in [0.05, 0.1) is 17.8 Å². The predicted octanol–water partition coefficient (Wildman–Crippen LogP) is 5.32. The van der Waals surface area contributed by atoms with Crippen molar-refractivity contribution in [3.8, 4) is 5.69 Å². The molecule has 1 aliphatic heterocycles. The molecule has 4 aromatic rings. The van der Waals surface area contributed by atoms with Crippen molar-refractivity contribution in [2.24, 2.45) is 0 Å². The van der Waals surface area contributed by atoms with Crippen LogP contribution in [0.1, 0.15) is 35.5 Å². The minimum atomic E-state index is -0.346. The Morgan fingerprint density at radius 1 is 1.06 bits per heavy atom. The minimum absolute atomic E-state index is 0.168. The van der Waals surface area contributed by atoms with Gasteiger partial charge in [0.25, 0.3) is 0 Å². The van der Waals surface area contributed by atoms with Crippen LogP contribution in [0.25, 0.3) is 5.69 Å². The first-order valence-electron chi connectivity index (χ1n) is 11.8. The third kappa shape index (κ3) is 4.99. The van der Waals surface area contributed by atoms with Gasteiger partial charge in [-0.1, -0.05) is 23.8 Å². The Labute approximate surface area is 214 Å². The van der Waals surface area contributed by atoms with Gasteiger partial charge < -0.3 is 20.1 Å². The fraction of sp³-hybridized carbons (Fsp3) is 0.179. The van der Waals surface area contributed by atoms with E-state index in [1.807, 2.05) is 30.5 Å². The summed E-state index contributed by atoms with van der Waals surface area (Å²) in [6.45, 7) is 2.47. The molecule has 0 radical (unpaired) electrons. The van der Waals surface area contributed by atoms with Crippen LogP contribution >= 0.6 is 12.2 Å². The number of aromatic nitrogens is 2. The Morgan fingerprint density at radius 3 is 2.56 bits per heavy atom. The normalized spacial score (nSPS) is 17.2. The first kappa shape index (κ1) is 23.7. The summed E-state index contributed by atoms with van der Waals surface area (Å²) in [5.74, 6) is -0.514. The number of amides is 1. The number of carbonyl (C=O) groups excluding carboxylic acids is 1. The number of rotatable bonds is 7. The molecule has 1 fully saturated rings. The smallest absolute Gasteiger partial charge is 0.226 e. The van der Waals surface area contributed by atoms with E-state index in [4.69, 9.17) is 12.2 Å². The fourth-order valence-electron chi connectivity index (χ4n) is 4.52. The summed E-state index contributed by atoms with van der Waals surface area (Å²) in [4.78, 5) is 19.4. The van der Waals surface area contributed by atoms with Crippen LogP contribution in [-0.2, 0) is 4.79 Å². The molecule has 182 valence electrons. The minimum Gasteiger partial charge on any atom is -0.352 e. The highest BCUT2D eigenvalue weighted by atomic mass is 32.1. The van der Waals surface area contributed by atoms with E-state index in [-0.39, 0.29) is 30.2 Å². The van der Waals surface area contributed by atoms with Gasteiger partial charge in [-0.15, -0.1) is 0 Å². The van der Waals surface area contributed by atoms with Crippen molar-refractivity contribution in [1.29, 1.82) is 0 Å². The lowest BCUT2D eigenvalue weighted by atomic mass is 10.0. The molecule has 2 atom stereocenters. The van der Waals surface area contributed by atoms with E-state index >= 15 is 0 Å². The molecule has 0 spiro atoms. The van der Waals surface area contributed by atoms with Crippen molar-refractivity contribution < 1.29 is 9.18 Å². The molecule has 0 aliphatic carbocycles. The number of nitrogens with one attached hydrogen (secondary N) is 2. The van der Waals surface area contributed by atoms with Crippen LogP contribution in [0, 0.1) is 12.7 Å². The number of halogens is 1. The van der Waals surface area contributed by atoms with Crippen LogP contribution in [0.5, 0.6) is 0 Å². The molecular weight excluding hydrogens is 473 g/mol. The number of carbonyl (C=O) groups is 1. The second kappa shape index (κ2) is 10.3. The number of aryl methyl sites for hydroxylation is 1. The average molecular weight is 500 g/mol. The summed E-state index contributed by atoms with van der Waals surface area (Å²) in [6, 6.07) is 23.7. The van der Waals surface area contributed by atoms with Crippen LogP contribution in [0.15, 0.2) is 91.3 Å². The molecule has 1 aliphatic rings. The van der Waals surface area contributed by atoms with E-state index in [1.165, 1.54) is 17.7 Å².